The van der Waals surface area contributed by atoms with Crippen LogP contribution in [-0.2, 0) is 4.79 Å². The molecule has 1 heterocycles. The van der Waals surface area contributed by atoms with Crippen molar-refractivity contribution < 1.29 is 4.79 Å². The summed E-state index contributed by atoms with van der Waals surface area (Å²) in [5.41, 5.74) is 4.80. The fourth-order valence-corrected chi connectivity index (χ4v) is 1.07. The molecule has 0 atom stereocenters. The Morgan fingerprint density at radius 1 is 1.42 bits per heavy atom. The summed E-state index contributed by atoms with van der Waals surface area (Å²) in [4.78, 5) is 12.8. The number of likely N-dealkylation sites (N-methyl/N-ethyl adjacent to an activating group) is 1. The summed E-state index contributed by atoms with van der Waals surface area (Å²) in [6.45, 7) is 1.35. The van der Waals surface area contributed by atoms with Gasteiger partial charge in [0.05, 0.1) is 0 Å². The maximum Gasteiger partial charge on any atom is 0.240 e. The number of hydrogen-bond donors (Lipinski definition) is 2. The van der Waals surface area contributed by atoms with E-state index in [9.17, 15) is 4.79 Å². The summed E-state index contributed by atoms with van der Waals surface area (Å²) in [6.07, 6.45) is 0. The molecule has 3 N–H and O–H groups in total. The first-order chi connectivity index (χ1) is 4.59. The number of amides is 1. The van der Waals surface area contributed by atoms with Gasteiger partial charge in [-0.3, -0.25) is 9.69 Å². The largest absolute Gasteiger partial charge is 0.368 e. The monoisotopic (exact) mass is 215 g/mol. The van der Waals surface area contributed by atoms with Crippen LogP contribution in [0.3, 0.4) is 0 Å². The van der Waals surface area contributed by atoms with Gasteiger partial charge in [0.2, 0.25) is 5.91 Å². The molecule has 0 unspecified atom stereocenters. The number of hydrogen-bond acceptors (Lipinski definition) is 3. The van der Waals surface area contributed by atoms with Gasteiger partial charge in [-0.2, -0.15) is 0 Å². The molecule has 12 heavy (non-hydrogen) atoms. The smallest absolute Gasteiger partial charge is 0.240 e. The molecule has 0 aromatic carbocycles. The van der Waals surface area contributed by atoms with Crippen molar-refractivity contribution in [3.8, 4) is 0 Å². The number of nitrogens with two attached hydrogens (primary N) is 1. The molecule has 0 bridgehead atoms. The molecule has 1 aliphatic rings. The Balaban J connectivity index is 0. The number of carbonyl (C=O) groups is 1. The first kappa shape index (κ1) is 14.5. The fourth-order valence-electron chi connectivity index (χ4n) is 1.07. The maximum absolute atomic E-state index is 10.9. The van der Waals surface area contributed by atoms with Crippen LogP contribution < -0.4 is 11.1 Å². The third kappa shape index (κ3) is 2.01. The van der Waals surface area contributed by atoms with Crippen LogP contribution >= 0.6 is 24.8 Å². The Morgan fingerprint density at radius 3 is 1.83 bits per heavy atom. The molecular weight excluding hydrogens is 201 g/mol. The summed E-state index contributed by atoms with van der Waals surface area (Å²) in [6, 6.07) is 0. The highest BCUT2D eigenvalue weighted by Crippen LogP contribution is 2.15. The Kier molecular flexibility index (Phi) is 5.88. The van der Waals surface area contributed by atoms with Crippen molar-refractivity contribution in [2.75, 3.05) is 27.2 Å². The summed E-state index contributed by atoms with van der Waals surface area (Å²) >= 11 is 0. The van der Waals surface area contributed by atoms with Gasteiger partial charge < -0.3 is 11.1 Å². The first-order valence-electron chi connectivity index (χ1n) is 3.28. The average molecular weight is 216 g/mol. The zero-order chi connectivity index (χ0) is 7.78. The summed E-state index contributed by atoms with van der Waals surface area (Å²) in [5, 5.41) is 3.02. The molecule has 74 valence electrons. The molecule has 1 amide bonds. The van der Waals surface area contributed by atoms with Crippen molar-refractivity contribution in [2.45, 2.75) is 5.54 Å². The lowest BCUT2D eigenvalue weighted by molar-refractivity contribution is -0.131. The van der Waals surface area contributed by atoms with Gasteiger partial charge in [0.25, 0.3) is 0 Å². The van der Waals surface area contributed by atoms with Crippen molar-refractivity contribution in [3.05, 3.63) is 0 Å². The van der Waals surface area contributed by atoms with Crippen LogP contribution in [-0.4, -0.2) is 43.5 Å². The number of nitrogens with one attached hydrogen (secondary N) is 1. The molecular formula is C6H15Cl2N3O. The Morgan fingerprint density at radius 2 is 1.83 bits per heavy atom. The van der Waals surface area contributed by atoms with Gasteiger partial charge in [-0.15, -0.1) is 24.8 Å². The normalized spacial score (nSPS) is 18.6. The molecule has 1 rings (SSSR count). The zero-order valence-corrected chi connectivity index (χ0v) is 8.80. The van der Waals surface area contributed by atoms with E-state index in [2.05, 4.69) is 5.32 Å². The zero-order valence-electron chi connectivity index (χ0n) is 7.16. The number of carbonyl (C=O) groups excluding carboxylic acids is 1. The number of nitrogens with zero attached hydrogens (tertiary/aromatic N) is 1. The minimum atomic E-state index is -0.417. The molecule has 1 fully saturated rings. The van der Waals surface area contributed by atoms with Crippen molar-refractivity contribution in [3.63, 3.8) is 0 Å². The van der Waals surface area contributed by atoms with E-state index in [0.717, 1.165) is 0 Å². The highest BCUT2D eigenvalue weighted by Gasteiger charge is 2.44. The quantitative estimate of drug-likeness (QED) is 0.636. The Bertz CT molecular complexity index is 159. The molecule has 0 aromatic rings. The third-order valence-electron chi connectivity index (χ3n) is 2.15. The summed E-state index contributed by atoms with van der Waals surface area (Å²) in [7, 11) is 3.73. The average Bonchev–Trinajstić information content (AvgIpc) is 1.57. The second-order valence-electron chi connectivity index (χ2n) is 2.89. The van der Waals surface area contributed by atoms with Gasteiger partial charge >= 0.3 is 0 Å². The Labute approximate surface area is 84.7 Å². The fraction of sp³-hybridized carbons (Fsp3) is 0.833. The summed E-state index contributed by atoms with van der Waals surface area (Å²) in [5.74, 6) is -0.240. The molecule has 0 saturated carbocycles. The maximum atomic E-state index is 10.9. The molecule has 1 aliphatic heterocycles. The molecule has 0 aliphatic carbocycles. The van der Waals surface area contributed by atoms with Gasteiger partial charge in [0.15, 0.2) is 0 Å². The number of primary amides is 1. The number of halogens is 2. The van der Waals surface area contributed by atoms with Crippen LogP contribution in [0.25, 0.3) is 0 Å². The van der Waals surface area contributed by atoms with E-state index in [1.54, 1.807) is 0 Å². The van der Waals surface area contributed by atoms with Crippen LogP contribution in [0.4, 0.5) is 0 Å². The van der Waals surface area contributed by atoms with Crippen LogP contribution in [0.15, 0.2) is 0 Å². The van der Waals surface area contributed by atoms with E-state index in [1.807, 2.05) is 19.0 Å². The molecule has 6 heteroatoms. The topological polar surface area (TPSA) is 58.4 Å². The minimum absolute atomic E-state index is 0. The molecule has 4 nitrogen and oxygen atoms in total. The summed E-state index contributed by atoms with van der Waals surface area (Å²) < 4.78 is 0. The van der Waals surface area contributed by atoms with E-state index >= 15 is 0 Å². The van der Waals surface area contributed by atoms with Gasteiger partial charge in [-0.05, 0) is 14.1 Å². The Hall–Kier alpha value is -0.0300. The van der Waals surface area contributed by atoms with Crippen molar-refractivity contribution in [1.82, 2.24) is 10.2 Å². The minimum Gasteiger partial charge on any atom is -0.368 e. The van der Waals surface area contributed by atoms with Crippen molar-refractivity contribution in [2.24, 2.45) is 5.73 Å². The predicted octanol–water partition coefficient (Wildman–Crippen LogP) is -0.781. The SMILES string of the molecule is CN(C)C1(C(N)=O)CNC1.Cl.Cl. The van der Waals surface area contributed by atoms with E-state index in [1.165, 1.54) is 0 Å². The lowest BCUT2D eigenvalue weighted by atomic mass is 9.90. The predicted molar refractivity (Wildman–Crippen MR) is 53.0 cm³/mol. The van der Waals surface area contributed by atoms with Crippen LogP contribution in [0.1, 0.15) is 0 Å². The lowest BCUT2D eigenvalue weighted by Crippen LogP contribution is -2.73. The van der Waals surface area contributed by atoms with Gasteiger partial charge in [-0.25, -0.2) is 0 Å². The molecule has 0 radical (unpaired) electrons. The van der Waals surface area contributed by atoms with Crippen LogP contribution in [0.2, 0.25) is 0 Å². The lowest BCUT2D eigenvalue weighted by Gasteiger charge is -2.44. The first-order valence-corrected chi connectivity index (χ1v) is 3.28. The van der Waals surface area contributed by atoms with Gasteiger partial charge in [0, 0.05) is 13.1 Å². The standard InChI is InChI=1S/C6H13N3O.2ClH/c1-9(2)6(5(7)10)3-8-4-6;;/h8H,3-4H2,1-2H3,(H2,7,10);2*1H. The molecule has 0 aromatic heterocycles. The van der Waals surface area contributed by atoms with Gasteiger partial charge in [0.1, 0.15) is 5.54 Å². The van der Waals surface area contributed by atoms with E-state index < -0.39 is 5.54 Å². The van der Waals surface area contributed by atoms with Crippen molar-refractivity contribution in [1.29, 1.82) is 0 Å². The van der Waals surface area contributed by atoms with Crippen LogP contribution in [0.5, 0.6) is 0 Å². The highest BCUT2D eigenvalue weighted by atomic mass is 35.5. The van der Waals surface area contributed by atoms with E-state index in [4.69, 9.17) is 5.73 Å². The van der Waals surface area contributed by atoms with Gasteiger partial charge in [-0.1, -0.05) is 0 Å². The van der Waals surface area contributed by atoms with Crippen molar-refractivity contribution >= 4 is 30.7 Å². The molecule has 0 spiro atoms. The molecule has 1 saturated heterocycles. The number of rotatable bonds is 2. The van der Waals surface area contributed by atoms with Crippen LogP contribution in [0, 0.1) is 0 Å². The third-order valence-corrected chi connectivity index (χ3v) is 2.15. The van der Waals surface area contributed by atoms with E-state index in [-0.39, 0.29) is 30.7 Å². The highest BCUT2D eigenvalue weighted by molar-refractivity contribution is 5.86. The second-order valence-corrected chi connectivity index (χ2v) is 2.89. The second kappa shape index (κ2) is 4.87. The van der Waals surface area contributed by atoms with E-state index in [0.29, 0.717) is 13.1 Å².